The lowest BCUT2D eigenvalue weighted by Crippen LogP contribution is -2.12. The molecule has 1 atom stereocenters. The fourth-order valence-corrected chi connectivity index (χ4v) is 3.23. The van der Waals surface area contributed by atoms with Crippen LogP contribution in [0.1, 0.15) is 5.56 Å². The van der Waals surface area contributed by atoms with Gasteiger partial charge in [-0.3, -0.25) is 0 Å². The van der Waals surface area contributed by atoms with E-state index in [1.807, 2.05) is 30.3 Å². The van der Waals surface area contributed by atoms with E-state index < -0.39 is 11.0 Å². The molecular formula is C16H15BrN4O2S. The Kier molecular flexibility index (Phi) is 5.08. The quantitative estimate of drug-likeness (QED) is 0.546. The lowest BCUT2D eigenvalue weighted by Gasteiger charge is -2.00. The highest BCUT2D eigenvalue weighted by molar-refractivity contribution is 9.10. The highest BCUT2D eigenvalue weighted by Gasteiger charge is 2.10. The van der Waals surface area contributed by atoms with Crippen molar-refractivity contribution in [1.82, 2.24) is 9.71 Å². The Morgan fingerprint density at radius 2 is 1.96 bits per heavy atom. The molecule has 1 unspecified atom stereocenters. The molecule has 1 aromatic heterocycles. The number of fused-ring (bicyclic) bond motifs is 1. The SMILES string of the molecule is CNS(=O)Cc1ccc(N=Nc2c(O)[nH]c3ccc(Br)cc23)cc1. The van der Waals surface area contributed by atoms with Gasteiger partial charge in [0.15, 0.2) is 5.69 Å². The van der Waals surface area contributed by atoms with Gasteiger partial charge in [-0.1, -0.05) is 28.1 Å². The van der Waals surface area contributed by atoms with E-state index >= 15 is 0 Å². The fourth-order valence-electron chi connectivity index (χ4n) is 2.23. The Balaban J connectivity index is 1.84. The summed E-state index contributed by atoms with van der Waals surface area (Å²) in [5.41, 5.74) is 2.78. The minimum atomic E-state index is -1.08. The van der Waals surface area contributed by atoms with Crippen LogP contribution in [0, 0.1) is 0 Å². The average Bonchev–Trinajstić information content (AvgIpc) is 2.89. The van der Waals surface area contributed by atoms with Crippen molar-refractivity contribution in [2.24, 2.45) is 10.2 Å². The maximum Gasteiger partial charge on any atom is 0.218 e. The molecule has 6 nitrogen and oxygen atoms in total. The highest BCUT2D eigenvalue weighted by atomic mass is 79.9. The number of H-pyrrole nitrogens is 1. The van der Waals surface area contributed by atoms with Crippen molar-refractivity contribution in [3.63, 3.8) is 0 Å². The van der Waals surface area contributed by atoms with E-state index in [0.29, 0.717) is 17.1 Å². The summed E-state index contributed by atoms with van der Waals surface area (Å²) in [4.78, 5) is 2.87. The normalized spacial score (nSPS) is 12.9. The zero-order valence-electron chi connectivity index (χ0n) is 12.8. The third kappa shape index (κ3) is 3.72. The van der Waals surface area contributed by atoms with Gasteiger partial charge in [-0.2, -0.15) is 5.11 Å². The zero-order valence-corrected chi connectivity index (χ0v) is 15.2. The summed E-state index contributed by atoms with van der Waals surface area (Å²) in [5.74, 6) is 0.415. The number of rotatable bonds is 5. The van der Waals surface area contributed by atoms with E-state index in [1.165, 1.54) is 0 Å². The third-order valence-corrected chi connectivity index (χ3v) is 4.99. The maximum absolute atomic E-state index is 11.5. The van der Waals surface area contributed by atoms with Crippen LogP contribution in [-0.2, 0) is 16.7 Å². The second kappa shape index (κ2) is 7.25. The number of benzene rings is 2. The maximum atomic E-state index is 11.5. The Labute approximate surface area is 149 Å². The first-order valence-corrected chi connectivity index (χ1v) is 9.24. The molecule has 24 heavy (non-hydrogen) atoms. The number of nitrogens with one attached hydrogen (secondary N) is 2. The molecule has 0 amide bonds. The molecule has 0 bridgehead atoms. The topological polar surface area (TPSA) is 89.8 Å². The molecular weight excluding hydrogens is 392 g/mol. The predicted molar refractivity (Wildman–Crippen MR) is 99.2 cm³/mol. The number of aromatic nitrogens is 1. The summed E-state index contributed by atoms with van der Waals surface area (Å²) in [6.07, 6.45) is 0. The van der Waals surface area contributed by atoms with Gasteiger partial charge in [-0.05, 0) is 42.9 Å². The van der Waals surface area contributed by atoms with Crippen molar-refractivity contribution in [3.8, 4) is 5.88 Å². The van der Waals surface area contributed by atoms with Crippen molar-refractivity contribution < 1.29 is 9.32 Å². The van der Waals surface area contributed by atoms with E-state index in [4.69, 9.17) is 0 Å². The Hall–Kier alpha value is -2.03. The minimum absolute atomic E-state index is 0.0205. The molecule has 124 valence electrons. The summed E-state index contributed by atoms with van der Waals surface area (Å²) in [5, 5.41) is 19.1. The monoisotopic (exact) mass is 406 g/mol. The Bertz CT molecular complexity index is 922. The number of nitrogens with zero attached hydrogens (tertiary/aromatic N) is 2. The summed E-state index contributed by atoms with van der Waals surface area (Å²) < 4.78 is 15.1. The molecule has 3 N–H and O–H groups in total. The van der Waals surface area contributed by atoms with Gasteiger partial charge in [0.1, 0.15) is 0 Å². The first-order valence-electron chi connectivity index (χ1n) is 7.13. The van der Waals surface area contributed by atoms with Crippen LogP contribution in [0.4, 0.5) is 11.4 Å². The van der Waals surface area contributed by atoms with Crippen LogP contribution in [0.3, 0.4) is 0 Å². The molecule has 0 radical (unpaired) electrons. The predicted octanol–water partition coefficient (Wildman–Crippen LogP) is 4.43. The van der Waals surface area contributed by atoms with Gasteiger partial charge in [0.05, 0.1) is 27.9 Å². The van der Waals surface area contributed by atoms with Crippen molar-refractivity contribution in [3.05, 3.63) is 52.5 Å². The Morgan fingerprint density at radius 3 is 2.67 bits per heavy atom. The molecule has 0 saturated heterocycles. The van der Waals surface area contributed by atoms with Gasteiger partial charge in [-0.15, -0.1) is 5.11 Å². The molecule has 2 aromatic carbocycles. The second-order valence-corrected chi connectivity index (χ2v) is 7.38. The molecule has 8 heteroatoms. The summed E-state index contributed by atoms with van der Waals surface area (Å²) in [6, 6.07) is 12.9. The largest absolute Gasteiger partial charge is 0.493 e. The van der Waals surface area contributed by atoms with Crippen LogP contribution in [0.15, 0.2) is 57.2 Å². The molecule has 3 rings (SSSR count). The van der Waals surface area contributed by atoms with Crippen LogP contribution in [-0.4, -0.2) is 21.3 Å². The first kappa shape index (κ1) is 16.8. The van der Waals surface area contributed by atoms with E-state index in [2.05, 4.69) is 35.9 Å². The van der Waals surface area contributed by atoms with Crippen LogP contribution >= 0.6 is 15.9 Å². The average molecular weight is 407 g/mol. The lowest BCUT2D eigenvalue weighted by molar-refractivity contribution is 0.459. The molecule has 0 aliphatic rings. The molecule has 1 heterocycles. The van der Waals surface area contributed by atoms with Gasteiger partial charge in [0.2, 0.25) is 5.88 Å². The van der Waals surface area contributed by atoms with Gasteiger partial charge >= 0.3 is 0 Å². The second-order valence-electron chi connectivity index (χ2n) is 5.07. The van der Waals surface area contributed by atoms with Gasteiger partial charge < -0.3 is 10.1 Å². The number of aromatic hydroxyl groups is 1. The van der Waals surface area contributed by atoms with Crippen LogP contribution < -0.4 is 4.72 Å². The van der Waals surface area contributed by atoms with Crippen LogP contribution in [0.5, 0.6) is 5.88 Å². The first-order chi connectivity index (χ1) is 11.6. The van der Waals surface area contributed by atoms with E-state index in [1.54, 1.807) is 19.2 Å². The standard InChI is InChI=1S/C16H15BrN4O2S/c1-18-24(23)9-10-2-5-12(6-3-10)20-21-15-13-8-11(17)4-7-14(13)19-16(15)22/h2-8,18-19,22H,9H2,1H3. The smallest absolute Gasteiger partial charge is 0.218 e. The number of hydrogen-bond donors (Lipinski definition) is 3. The lowest BCUT2D eigenvalue weighted by atomic mass is 10.2. The molecule has 0 aliphatic heterocycles. The fraction of sp³-hybridized carbons (Fsp3) is 0.125. The molecule has 0 spiro atoms. The van der Waals surface area contributed by atoms with Crippen molar-refractivity contribution in [1.29, 1.82) is 0 Å². The van der Waals surface area contributed by atoms with Gasteiger partial charge in [0, 0.05) is 9.86 Å². The van der Waals surface area contributed by atoms with Crippen molar-refractivity contribution in [2.75, 3.05) is 7.05 Å². The van der Waals surface area contributed by atoms with Gasteiger partial charge in [0.25, 0.3) is 0 Å². The number of halogens is 1. The summed E-state index contributed by atoms with van der Waals surface area (Å²) in [6.45, 7) is 0. The number of aromatic amines is 1. The zero-order chi connectivity index (χ0) is 17.1. The molecule has 0 aliphatic carbocycles. The van der Waals surface area contributed by atoms with Crippen molar-refractivity contribution >= 4 is 49.2 Å². The van der Waals surface area contributed by atoms with Crippen LogP contribution in [0.2, 0.25) is 0 Å². The Morgan fingerprint density at radius 1 is 1.21 bits per heavy atom. The third-order valence-electron chi connectivity index (χ3n) is 3.44. The molecule has 0 fully saturated rings. The van der Waals surface area contributed by atoms with E-state index in [9.17, 15) is 9.32 Å². The number of hydrogen-bond acceptors (Lipinski definition) is 4. The summed E-state index contributed by atoms with van der Waals surface area (Å²) in [7, 11) is 0.578. The summed E-state index contributed by atoms with van der Waals surface area (Å²) >= 11 is 3.41. The minimum Gasteiger partial charge on any atom is -0.493 e. The van der Waals surface area contributed by atoms with Gasteiger partial charge in [-0.25, -0.2) is 8.93 Å². The number of azo groups is 1. The molecule has 3 aromatic rings. The van der Waals surface area contributed by atoms with Crippen molar-refractivity contribution in [2.45, 2.75) is 5.75 Å². The van der Waals surface area contributed by atoms with Crippen LogP contribution in [0.25, 0.3) is 10.9 Å². The highest BCUT2D eigenvalue weighted by Crippen LogP contribution is 2.37. The molecule has 0 saturated carbocycles. The van der Waals surface area contributed by atoms with E-state index in [0.717, 1.165) is 20.9 Å². The van der Waals surface area contributed by atoms with E-state index in [-0.39, 0.29) is 5.88 Å².